The summed E-state index contributed by atoms with van der Waals surface area (Å²) in [4.78, 5) is 23.4. The molecule has 5 heteroatoms. The molecule has 0 heterocycles. The Balaban J connectivity index is 1.98. The lowest BCUT2D eigenvalue weighted by atomic mass is 10.2. The van der Waals surface area contributed by atoms with Crippen molar-refractivity contribution in [1.82, 2.24) is 0 Å². The molecule has 0 aliphatic carbocycles. The summed E-state index contributed by atoms with van der Waals surface area (Å²) in [5.74, 6) is -0.00748. The van der Waals surface area contributed by atoms with Crippen molar-refractivity contribution in [2.24, 2.45) is 0 Å². The van der Waals surface area contributed by atoms with Crippen molar-refractivity contribution in [3.05, 3.63) is 59.7 Å². The normalized spacial score (nSPS) is 10.1. The minimum absolute atomic E-state index is 0.150. The molecule has 0 radical (unpaired) electrons. The van der Waals surface area contributed by atoms with Gasteiger partial charge in [-0.3, -0.25) is 9.59 Å². The van der Waals surface area contributed by atoms with Gasteiger partial charge in [0.1, 0.15) is 5.75 Å². The Morgan fingerprint density at radius 3 is 2.27 bits per heavy atom. The fourth-order valence-electron chi connectivity index (χ4n) is 1.77. The van der Waals surface area contributed by atoms with Crippen LogP contribution in [0.25, 0.3) is 0 Å². The molecule has 2 aromatic carbocycles. The Morgan fingerprint density at radius 1 is 1.05 bits per heavy atom. The second-order valence-electron chi connectivity index (χ2n) is 4.76. The maximum absolute atomic E-state index is 12.1. The second-order valence-corrected chi connectivity index (χ2v) is 5.14. The predicted octanol–water partition coefficient (Wildman–Crippen LogP) is 3.78. The largest absolute Gasteiger partial charge is 0.426 e. The van der Waals surface area contributed by atoms with Gasteiger partial charge in [-0.25, -0.2) is 0 Å². The molecule has 1 amide bonds. The highest BCUT2D eigenvalue weighted by molar-refractivity contribution is 6.18. The smallest absolute Gasteiger partial charge is 0.312 e. The van der Waals surface area contributed by atoms with Crippen LogP contribution >= 0.6 is 11.6 Å². The predicted molar refractivity (Wildman–Crippen MR) is 86.5 cm³/mol. The van der Waals surface area contributed by atoms with Crippen molar-refractivity contribution in [3.8, 4) is 5.75 Å². The van der Waals surface area contributed by atoms with Gasteiger partial charge in [-0.15, -0.1) is 11.6 Å². The number of amides is 1. The standard InChI is InChI=1S/C17H16ClNO3/c1-12-2-6-14(7-3-12)19-17(21)13-4-8-15(9-5-13)22-16(20)10-11-18/h2-9H,10-11H2,1H3,(H,19,21). The minimum atomic E-state index is -0.396. The van der Waals surface area contributed by atoms with Gasteiger partial charge in [-0.05, 0) is 43.3 Å². The molecule has 0 bridgehead atoms. The topological polar surface area (TPSA) is 55.4 Å². The van der Waals surface area contributed by atoms with E-state index in [2.05, 4.69) is 5.32 Å². The Bertz CT molecular complexity index is 651. The molecule has 2 aromatic rings. The number of halogens is 1. The van der Waals surface area contributed by atoms with Gasteiger partial charge in [0.15, 0.2) is 0 Å². The highest BCUT2D eigenvalue weighted by Gasteiger charge is 2.08. The van der Waals surface area contributed by atoms with Crippen LogP contribution < -0.4 is 10.1 Å². The molecule has 114 valence electrons. The van der Waals surface area contributed by atoms with E-state index in [9.17, 15) is 9.59 Å². The van der Waals surface area contributed by atoms with Gasteiger partial charge in [0.05, 0.1) is 6.42 Å². The van der Waals surface area contributed by atoms with E-state index in [0.29, 0.717) is 11.3 Å². The zero-order chi connectivity index (χ0) is 15.9. The number of benzene rings is 2. The average Bonchev–Trinajstić information content (AvgIpc) is 2.50. The van der Waals surface area contributed by atoms with Crippen molar-refractivity contribution < 1.29 is 14.3 Å². The molecule has 0 unspecified atom stereocenters. The number of alkyl halides is 1. The van der Waals surface area contributed by atoms with Gasteiger partial charge in [-0.2, -0.15) is 0 Å². The van der Waals surface area contributed by atoms with Crippen molar-refractivity contribution in [1.29, 1.82) is 0 Å². The summed E-state index contributed by atoms with van der Waals surface area (Å²) in [6.45, 7) is 1.98. The van der Waals surface area contributed by atoms with Crippen LogP contribution in [0.1, 0.15) is 22.3 Å². The van der Waals surface area contributed by atoms with Gasteiger partial charge in [0.25, 0.3) is 5.91 Å². The fraction of sp³-hybridized carbons (Fsp3) is 0.176. The van der Waals surface area contributed by atoms with Gasteiger partial charge in [0.2, 0.25) is 0 Å². The highest BCUT2D eigenvalue weighted by Crippen LogP contribution is 2.15. The zero-order valence-electron chi connectivity index (χ0n) is 12.1. The Morgan fingerprint density at radius 2 is 1.68 bits per heavy atom. The molecule has 0 fully saturated rings. The van der Waals surface area contributed by atoms with E-state index in [4.69, 9.17) is 16.3 Å². The van der Waals surface area contributed by atoms with Crippen LogP contribution in [0, 0.1) is 6.92 Å². The number of hydrogen-bond donors (Lipinski definition) is 1. The Labute approximate surface area is 134 Å². The summed E-state index contributed by atoms with van der Waals surface area (Å²) >= 11 is 5.46. The molecule has 4 nitrogen and oxygen atoms in total. The van der Waals surface area contributed by atoms with E-state index < -0.39 is 5.97 Å². The SMILES string of the molecule is Cc1ccc(NC(=O)c2ccc(OC(=O)CCCl)cc2)cc1. The summed E-state index contributed by atoms with van der Waals surface area (Å²) in [7, 11) is 0. The zero-order valence-corrected chi connectivity index (χ0v) is 12.9. The third-order valence-corrected chi connectivity index (χ3v) is 3.15. The lowest BCUT2D eigenvalue weighted by Gasteiger charge is -2.07. The quantitative estimate of drug-likeness (QED) is 0.518. The maximum atomic E-state index is 12.1. The molecule has 0 aliphatic heterocycles. The lowest BCUT2D eigenvalue weighted by Crippen LogP contribution is -2.12. The van der Waals surface area contributed by atoms with Crippen LogP contribution in [0.4, 0.5) is 5.69 Å². The molecule has 1 N–H and O–H groups in total. The van der Waals surface area contributed by atoms with Gasteiger partial charge >= 0.3 is 5.97 Å². The van der Waals surface area contributed by atoms with E-state index in [1.165, 1.54) is 0 Å². The third kappa shape index (κ3) is 4.60. The van der Waals surface area contributed by atoms with Crippen LogP contribution in [0.2, 0.25) is 0 Å². The van der Waals surface area contributed by atoms with Crippen LogP contribution in [-0.4, -0.2) is 17.8 Å². The monoisotopic (exact) mass is 317 g/mol. The van der Waals surface area contributed by atoms with E-state index in [0.717, 1.165) is 11.3 Å². The average molecular weight is 318 g/mol. The van der Waals surface area contributed by atoms with Crippen LogP contribution in [0.3, 0.4) is 0 Å². The third-order valence-electron chi connectivity index (χ3n) is 2.96. The molecule has 0 spiro atoms. The number of nitrogens with one attached hydrogen (secondary N) is 1. The first-order valence-corrected chi connectivity index (χ1v) is 7.36. The summed E-state index contributed by atoms with van der Waals surface area (Å²) in [5.41, 5.74) is 2.34. The van der Waals surface area contributed by atoms with Crippen LogP contribution in [0.15, 0.2) is 48.5 Å². The summed E-state index contributed by atoms with van der Waals surface area (Å²) < 4.78 is 5.07. The fourth-order valence-corrected chi connectivity index (χ4v) is 1.93. The summed E-state index contributed by atoms with van der Waals surface area (Å²) in [6.07, 6.45) is 0.150. The molecule has 0 atom stereocenters. The first kappa shape index (κ1) is 16.0. The number of carbonyl (C=O) groups is 2. The molecule has 22 heavy (non-hydrogen) atoms. The molecule has 0 saturated heterocycles. The first-order chi connectivity index (χ1) is 10.6. The van der Waals surface area contributed by atoms with Crippen LogP contribution in [0.5, 0.6) is 5.75 Å². The molecular weight excluding hydrogens is 302 g/mol. The number of aryl methyl sites for hydroxylation is 1. The molecule has 2 rings (SSSR count). The van der Waals surface area contributed by atoms with Gasteiger partial charge in [-0.1, -0.05) is 17.7 Å². The summed E-state index contributed by atoms with van der Waals surface area (Å²) in [5, 5.41) is 2.80. The van der Waals surface area contributed by atoms with Gasteiger partial charge < -0.3 is 10.1 Å². The van der Waals surface area contributed by atoms with E-state index in [1.807, 2.05) is 31.2 Å². The molecule has 0 saturated carbocycles. The summed E-state index contributed by atoms with van der Waals surface area (Å²) in [6, 6.07) is 13.9. The van der Waals surface area contributed by atoms with E-state index in [-0.39, 0.29) is 18.2 Å². The number of anilines is 1. The Kier molecular flexibility index (Phi) is 5.55. The Hall–Kier alpha value is -2.33. The van der Waals surface area contributed by atoms with E-state index >= 15 is 0 Å². The van der Waals surface area contributed by atoms with Crippen LogP contribution in [-0.2, 0) is 4.79 Å². The minimum Gasteiger partial charge on any atom is -0.426 e. The van der Waals surface area contributed by atoms with Crippen molar-refractivity contribution >= 4 is 29.2 Å². The molecule has 0 aromatic heterocycles. The van der Waals surface area contributed by atoms with Crippen molar-refractivity contribution in [2.75, 3.05) is 11.2 Å². The number of carbonyl (C=O) groups excluding carboxylic acids is 2. The number of hydrogen-bond acceptors (Lipinski definition) is 3. The number of rotatable bonds is 5. The number of ether oxygens (including phenoxy) is 1. The second kappa shape index (κ2) is 7.61. The first-order valence-electron chi connectivity index (χ1n) is 6.83. The van der Waals surface area contributed by atoms with Crippen molar-refractivity contribution in [3.63, 3.8) is 0 Å². The van der Waals surface area contributed by atoms with Gasteiger partial charge in [0, 0.05) is 17.1 Å². The maximum Gasteiger partial charge on any atom is 0.312 e. The lowest BCUT2D eigenvalue weighted by molar-refractivity contribution is -0.133. The highest BCUT2D eigenvalue weighted by atomic mass is 35.5. The molecular formula is C17H16ClNO3. The number of esters is 1. The van der Waals surface area contributed by atoms with E-state index in [1.54, 1.807) is 24.3 Å². The molecule has 0 aliphatic rings. The van der Waals surface area contributed by atoms with Crippen molar-refractivity contribution in [2.45, 2.75) is 13.3 Å².